The minimum absolute atomic E-state index is 0.0462. The second-order valence-electron chi connectivity index (χ2n) is 3.12. The van der Waals surface area contributed by atoms with Gasteiger partial charge in [0.2, 0.25) is 0 Å². The van der Waals surface area contributed by atoms with Crippen LogP contribution in [-0.4, -0.2) is 35.5 Å². The van der Waals surface area contributed by atoms with Crippen LogP contribution < -0.4 is 0 Å². The third kappa shape index (κ3) is 2.79. The summed E-state index contributed by atoms with van der Waals surface area (Å²) in [6.07, 6.45) is 0.735. The van der Waals surface area contributed by atoms with Gasteiger partial charge in [0.05, 0.1) is 12.5 Å². The van der Waals surface area contributed by atoms with Crippen LogP contribution in [0.15, 0.2) is 0 Å². The lowest BCUT2D eigenvalue weighted by molar-refractivity contribution is -0.139. The van der Waals surface area contributed by atoms with Gasteiger partial charge in [0, 0.05) is 13.2 Å². The number of hydrogen-bond acceptors (Lipinski definition) is 3. The van der Waals surface area contributed by atoms with Gasteiger partial charge in [-0.2, -0.15) is 0 Å². The zero-order valence-electron chi connectivity index (χ0n) is 6.90. The topological polar surface area (TPSA) is 66.8 Å². The standard InChI is InChI=1S/C8H14O4/c9-7-2-4-12-3-1-6(7)5-8(10)11/h6-7,9H,1-5H2,(H,10,11)/t6-,7-/m1/s1. The highest BCUT2D eigenvalue weighted by Crippen LogP contribution is 2.19. The lowest BCUT2D eigenvalue weighted by Crippen LogP contribution is -2.22. The molecule has 70 valence electrons. The fourth-order valence-corrected chi connectivity index (χ4v) is 1.43. The molecule has 4 heteroatoms. The van der Waals surface area contributed by atoms with Crippen molar-refractivity contribution in [1.29, 1.82) is 0 Å². The first kappa shape index (κ1) is 9.48. The maximum atomic E-state index is 10.4. The van der Waals surface area contributed by atoms with Crippen molar-refractivity contribution >= 4 is 5.97 Å². The first-order valence-electron chi connectivity index (χ1n) is 4.17. The molecule has 0 radical (unpaired) electrons. The van der Waals surface area contributed by atoms with Crippen LogP contribution in [0.3, 0.4) is 0 Å². The summed E-state index contributed by atoms with van der Waals surface area (Å²) in [5, 5.41) is 18.0. The molecule has 2 atom stereocenters. The van der Waals surface area contributed by atoms with E-state index >= 15 is 0 Å². The molecule has 2 N–H and O–H groups in total. The number of carboxylic acid groups (broad SMARTS) is 1. The second kappa shape index (κ2) is 4.42. The van der Waals surface area contributed by atoms with Crippen LogP contribution in [0.25, 0.3) is 0 Å². The molecule has 0 unspecified atom stereocenters. The van der Waals surface area contributed by atoms with E-state index in [0.29, 0.717) is 26.1 Å². The smallest absolute Gasteiger partial charge is 0.303 e. The van der Waals surface area contributed by atoms with E-state index < -0.39 is 12.1 Å². The molecule has 1 aliphatic heterocycles. The number of aliphatic carboxylic acids is 1. The van der Waals surface area contributed by atoms with Gasteiger partial charge in [0.25, 0.3) is 0 Å². The van der Waals surface area contributed by atoms with E-state index in [1.807, 2.05) is 0 Å². The van der Waals surface area contributed by atoms with Crippen molar-refractivity contribution in [2.75, 3.05) is 13.2 Å². The van der Waals surface area contributed by atoms with Crippen molar-refractivity contribution in [3.63, 3.8) is 0 Å². The first-order chi connectivity index (χ1) is 5.70. The number of aliphatic hydroxyl groups is 1. The van der Waals surface area contributed by atoms with Crippen molar-refractivity contribution in [3.05, 3.63) is 0 Å². The van der Waals surface area contributed by atoms with E-state index in [1.165, 1.54) is 0 Å². The number of aliphatic hydroxyl groups excluding tert-OH is 1. The molecule has 0 saturated carbocycles. The summed E-state index contributed by atoms with van der Waals surface area (Å²) in [7, 11) is 0. The Labute approximate surface area is 71.2 Å². The molecule has 0 bridgehead atoms. The Bertz CT molecular complexity index is 157. The summed E-state index contributed by atoms with van der Waals surface area (Å²) in [5.41, 5.74) is 0. The first-order valence-corrected chi connectivity index (χ1v) is 4.17. The van der Waals surface area contributed by atoms with Crippen LogP contribution in [0.5, 0.6) is 0 Å². The molecule has 1 saturated heterocycles. The van der Waals surface area contributed by atoms with Crippen LogP contribution in [0, 0.1) is 5.92 Å². The minimum Gasteiger partial charge on any atom is -0.481 e. The van der Waals surface area contributed by atoms with Gasteiger partial charge in [-0.3, -0.25) is 4.79 Å². The van der Waals surface area contributed by atoms with Crippen molar-refractivity contribution in [1.82, 2.24) is 0 Å². The van der Waals surface area contributed by atoms with Crippen LogP contribution >= 0.6 is 0 Å². The molecule has 4 nitrogen and oxygen atoms in total. The molecule has 0 aromatic carbocycles. The fourth-order valence-electron chi connectivity index (χ4n) is 1.43. The van der Waals surface area contributed by atoms with Gasteiger partial charge >= 0.3 is 5.97 Å². The highest BCUT2D eigenvalue weighted by molar-refractivity contribution is 5.67. The Morgan fingerprint density at radius 1 is 1.42 bits per heavy atom. The van der Waals surface area contributed by atoms with E-state index in [4.69, 9.17) is 9.84 Å². The molecule has 1 heterocycles. The summed E-state index contributed by atoms with van der Waals surface area (Å²) >= 11 is 0. The monoisotopic (exact) mass is 174 g/mol. The predicted octanol–water partition coefficient (Wildman–Crippen LogP) is 0.249. The third-order valence-corrected chi connectivity index (χ3v) is 2.17. The molecular weight excluding hydrogens is 160 g/mol. The summed E-state index contributed by atoms with van der Waals surface area (Å²) in [6, 6.07) is 0. The van der Waals surface area contributed by atoms with E-state index in [1.54, 1.807) is 0 Å². The van der Waals surface area contributed by atoms with Crippen LogP contribution in [-0.2, 0) is 9.53 Å². The summed E-state index contributed by atoms with van der Waals surface area (Å²) in [4.78, 5) is 10.4. The van der Waals surface area contributed by atoms with Gasteiger partial charge in [-0.15, -0.1) is 0 Å². The molecule has 1 fully saturated rings. The van der Waals surface area contributed by atoms with Gasteiger partial charge in [0.15, 0.2) is 0 Å². The zero-order valence-corrected chi connectivity index (χ0v) is 6.90. The molecule has 0 aromatic heterocycles. The van der Waals surface area contributed by atoms with Crippen LogP contribution in [0.2, 0.25) is 0 Å². The average molecular weight is 174 g/mol. The molecule has 1 rings (SSSR count). The van der Waals surface area contributed by atoms with Crippen molar-refractivity contribution in [3.8, 4) is 0 Å². The number of carbonyl (C=O) groups is 1. The largest absolute Gasteiger partial charge is 0.481 e. The lowest BCUT2D eigenvalue weighted by Gasteiger charge is -2.16. The van der Waals surface area contributed by atoms with Crippen molar-refractivity contribution in [2.45, 2.75) is 25.4 Å². The second-order valence-corrected chi connectivity index (χ2v) is 3.12. The van der Waals surface area contributed by atoms with E-state index in [2.05, 4.69) is 0 Å². The van der Waals surface area contributed by atoms with Crippen molar-refractivity contribution < 1.29 is 19.7 Å². The number of hydrogen-bond donors (Lipinski definition) is 2. The molecular formula is C8H14O4. The Morgan fingerprint density at radius 3 is 2.75 bits per heavy atom. The lowest BCUT2D eigenvalue weighted by atomic mass is 9.94. The predicted molar refractivity (Wildman–Crippen MR) is 41.8 cm³/mol. The Balaban J connectivity index is 2.41. The quantitative estimate of drug-likeness (QED) is 0.629. The Hall–Kier alpha value is -0.610. The van der Waals surface area contributed by atoms with Gasteiger partial charge in [-0.1, -0.05) is 0 Å². The van der Waals surface area contributed by atoms with E-state index in [9.17, 15) is 9.90 Å². The normalized spacial score (nSPS) is 31.1. The minimum atomic E-state index is -0.846. The zero-order chi connectivity index (χ0) is 8.97. The van der Waals surface area contributed by atoms with Gasteiger partial charge in [-0.05, 0) is 18.8 Å². The fraction of sp³-hybridized carbons (Fsp3) is 0.875. The number of rotatable bonds is 2. The van der Waals surface area contributed by atoms with Gasteiger partial charge in [0.1, 0.15) is 0 Å². The number of ether oxygens (including phenoxy) is 1. The molecule has 1 aliphatic rings. The van der Waals surface area contributed by atoms with Crippen LogP contribution in [0.1, 0.15) is 19.3 Å². The molecule has 0 aliphatic carbocycles. The summed E-state index contributed by atoms with van der Waals surface area (Å²) in [5.74, 6) is -0.981. The molecule has 0 spiro atoms. The molecule has 0 amide bonds. The van der Waals surface area contributed by atoms with Crippen molar-refractivity contribution in [2.24, 2.45) is 5.92 Å². The van der Waals surface area contributed by atoms with Crippen LogP contribution in [0.4, 0.5) is 0 Å². The Morgan fingerprint density at radius 2 is 2.08 bits per heavy atom. The van der Waals surface area contributed by atoms with Gasteiger partial charge < -0.3 is 14.9 Å². The third-order valence-electron chi connectivity index (χ3n) is 2.17. The maximum absolute atomic E-state index is 10.4. The van der Waals surface area contributed by atoms with Gasteiger partial charge in [-0.25, -0.2) is 0 Å². The summed E-state index contributed by atoms with van der Waals surface area (Å²) < 4.78 is 5.12. The highest BCUT2D eigenvalue weighted by Gasteiger charge is 2.23. The maximum Gasteiger partial charge on any atom is 0.303 e. The molecule has 12 heavy (non-hydrogen) atoms. The molecule has 0 aromatic rings. The SMILES string of the molecule is O=C(O)C[C@H]1CCOCC[C@H]1O. The number of carboxylic acids is 1. The highest BCUT2D eigenvalue weighted by atomic mass is 16.5. The Kier molecular flexibility index (Phi) is 3.49. The van der Waals surface area contributed by atoms with E-state index in [0.717, 1.165) is 0 Å². The van der Waals surface area contributed by atoms with E-state index in [-0.39, 0.29) is 12.3 Å². The average Bonchev–Trinajstić information content (AvgIpc) is 2.16. The summed E-state index contributed by atoms with van der Waals surface area (Å²) in [6.45, 7) is 1.10.